The number of carbonyl (C=O) groups is 1. The van der Waals surface area contributed by atoms with Crippen LogP contribution in [-0.2, 0) is 10.3 Å². The van der Waals surface area contributed by atoms with Gasteiger partial charge >= 0.3 is 0 Å². The Morgan fingerprint density at radius 2 is 2.12 bits per heavy atom. The van der Waals surface area contributed by atoms with Crippen molar-refractivity contribution in [1.82, 2.24) is 4.90 Å². The molecule has 0 bridgehead atoms. The summed E-state index contributed by atoms with van der Waals surface area (Å²) in [5.74, 6) is 0. The molecule has 0 spiro atoms. The minimum atomic E-state index is -0.538. The molecule has 1 aromatic carbocycles. The second-order valence-electron chi connectivity index (χ2n) is 4.83. The van der Waals surface area contributed by atoms with E-state index in [0.29, 0.717) is 6.04 Å². The number of benzene rings is 1. The SMILES string of the molecule is CC1(C=O)c2ccccc2C(Cl)N1C1CC1. The molecule has 2 aliphatic rings. The van der Waals surface area contributed by atoms with Crippen LogP contribution in [0.2, 0.25) is 0 Å². The fourth-order valence-electron chi connectivity index (χ4n) is 2.73. The quantitative estimate of drug-likeness (QED) is 0.446. The average Bonchev–Trinajstić information content (AvgIpc) is 3.10. The van der Waals surface area contributed by atoms with E-state index in [1.807, 2.05) is 31.2 Å². The first-order valence-electron chi connectivity index (χ1n) is 5.67. The molecule has 0 radical (unpaired) electrons. The minimum absolute atomic E-state index is 0.154. The lowest BCUT2D eigenvalue weighted by Gasteiger charge is -2.32. The molecule has 0 N–H and O–H groups in total. The number of rotatable bonds is 2. The van der Waals surface area contributed by atoms with Gasteiger partial charge in [0.15, 0.2) is 0 Å². The fourth-order valence-corrected chi connectivity index (χ4v) is 3.28. The third-order valence-electron chi connectivity index (χ3n) is 3.71. The summed E-state index contributed by atoms with van der Waals surface area (Å²) in [6, 6.07) is 8.47. The molecule has 1 heterocycles. The number of fused-ring (bicyclic) bond motifs is 1. The smallest absolute Gasteiger partial charge is 0.144 e. The Kier molecular flexibility index (Phi) is 2.13. The third-order valence-corrected chi connectivity index (χ3v) is 4.16. The lowest BCUT2D eigenvalue weighted by molar-refractivity contribution is -0.118. The van der Waals surface area contributed by atoms with E-state index >= 15 is 0 Å². The van der Waals surface area contributed by atoms with Crippen LogP contribution in [0, 0.1) is 0 Å². The first kappa shape index (κ1) is 10.3. The van der Waals surface area contributed by atoms with Crippen LogP contribution in [0.25, 0.3) is 0 Å². The number of aldehydes is 1. The van der Waals surface area contributed by atoms with Crippen molar-refractivity contribution < 1.29 is 4.79 Å². The highest BCUT2D eigenvalue weighted by Crippen LogP contribution is 2.52. The number of hydrogen-bond acceptors (Lipinski definition) is 2. The van der Waals surface area contributed by atoms with Gasteiger partial charge in [-0.2, -0.15) is 0 Å². The fraction of sp³-hybridized carbons (Fsp3) is 0.462. The van der Waals surface area contributed by atoms with Gasteiger partial charge in [0.2, 0.25) is 0 Å². The highest BCUT2D eigenvalue weighted by Gasteiger charge is 2.52. The molecule has 0 amide bonds. The molecule has 1 aliphatic carbocycles. The van der Waals surface area contributed by atoms with Gasteiger partial charge in [0, 0.05) is 6.04 Å². The van der Waals surface area contributed by atoms with E-state index in [4.69, 9.17) is 11.6 Å². The van der Waals surface area contributed by atoms with Gasteiger partial charge in [-0.05, 0) is 30.9 Å². The maximum Gasteiger partial charge on any atom is 0.144 e. The summed E-state index contributed by atoms with van der Waals surface area (Å²) in [7, 11) is 0. The molecule has 1 aromatic rings. The van der Waals surface area contributed by atoms with Gasteiger partial charge in [-0.3, -0.25) is 4.90 Å². The van der Waals surface area contributed by atoms with Gasteiger partial charge in [0.25, 0.3) is 0 Å². The summed E-state index contributed by atoms with van der Waals surface area (Å²) in [6.45, 7) is 1.97. The summed E-state index contributed by atoms with van der Waals surface area (Å²) in [5.41, 5.74) is 1.46. The van der Waals surface area contributed by atoms with Gasteiger partial charge < -0.3 is 4.79 Å². The van der Waals surface area contributed by atoms with Crippen LogP contribution in [0.3, 0.4) is 0 Å². The number of alkyl halides is 1. The molecular formula is C13H14ClNO. The molecule has 2 unspecified atom stereocenters. The van der Waals surface area contributed by atoms with Crippen molar-refractivity contribution in [3.05, 3.63) is 35.4 Å². The lowest BCUT2D eigenvalue weighted by Crippen LogP contribution is -2.42. The monoisotopic (exact) mass is 235 g/mol. The highest BCUT2D eigenvalue weighted by molar-refractivity contribution is 6.21. The second kappa shape index (κ2) is 3.31. The molecule has 2 atom stereocenters. The summed E-state index contributed by atoms with van der Waals surface area (Å²) < 4.78 is 0. The van der Waals surface area contributed by atoms with E-state index in [0.717, 1.165) is 30.3 Å². The van der Waals surface area contributed by atoms with Crippen molar-refractivity contribution in [2.75, 3.05) is 0 Å². The molecule has 16 heavy (non-hydrogen) atoms. The van der Waals surface area contributed by atoms with E-state index < -0.39 is 5.54 Å². The van der Waals surface area contributed by atoms with Crippen LogP contribution in [0.5, 0.6) is 0 Å². The second-order valence-corrected chi connectivity index (χ2v) is 5.24. The van der Waals surface area contributed by atoms with Crippen molar-refractivity contribution in [3.63, 3.8) is 0 Å². The molecule has 1 saturated carbocycles. The van der Waals surface area contributed by atoms with Crippen molar-refractivity contribution in [2.45, 2.75) is 36.8 Å². The van der Waals surface area contributed by atoms with Gasteiger partial charge in [-0.1, -0.05) is 24.3 Å². The molecular weight excluding hydrogens is 222 g/mol. The van der Waals surface area contributed by atoms with Crippen LogP contribution >= 0.6 is 11.6 Å². The largest absolute Gasteiger partial charge is 0.301 e. The van der Waals surface area contributed by atoms with Crippen molar-refractivity contribution >= 4 is 17.9 Å². The Morgan fingerprint density at radius 3 is 2.75 bits per heavy atom. The lowest BCUT2D eigenvalue weighted by atomic mass is 9.93. The summed E-state index contributed by atoms with van der Waals surface area (Å²) in [6.07, 6.45) is 3.34. The zero-order valence-electron chi connectivity index (χ0n) is 9.19. The van der Waals surface area contributed by atoms with Crippen LogP contribution in [0.1, 0.15) is 36.4 Å². The molecule has 3 heteroatoms. The number of carbonyl (C=O) groups excluding carboxylic acids is 1. The molecule has 1 aliphatic heterocycles. The Labute approximate surface area is 100 Å². The maximum atomic E-state index is 11.5. The highest BCUT2D eigenvalue weighted by atomic mass is 35.5. The van der Waals surface area contributed by atoms with Crippen molar-refractivity contribution in [2.24, 2.45) is 0 Å². The zero-order chi connectivity index (χ0) is 11.3. The van der Waals surface area contributed by atoms with Crippen LogP contribution in [-0.4, -0.2) is 17.2 Å². The Bertz CT molecular complexity index is 443. The number of hydrogen-bond donors (Lipinski definition) is 0. The topological polar surface area (TPSA) is 20.3 Å². The third kappa shape index (κ3) is 1.20. The molecule has 1 fully saturated rings. The standard InChI is InChI=1S/C13H14ClNO/c1-13(8-16)11-5-3-2-4-10(11)12(14)15(13)9-6-7-9/h2-5,8-9,12H,6-7H2,1H3. The predicted molar refractivity (Wildman–Crippen MR) is 63.3 cm³/mol. The first-order valence-corrected chi connectivity index (χ1v) is 6.10. The summed E-state index contributed by atoms with van der Waals surface area (Å²) >= 11 is 6.47. The minimum Gasteiger partial charge on any atom is -0.301 e. The van der Waals surface area contributed by atoms with Crippen molar-refractivity contribution in [1.29, 1.82) is 0 Å². The van der Waals surface area contributed by atoms with Gasteiger partial charge in [0.1, 0.15) is 17.3 Å². The summed E-state index contributed by atoms with van der Waals surface area (Å²) in [4.78, 5) is 13.6. The van der Waals surface area contributed by atoms with Crippen molar-refractivity contribution in [3.8, 4) is 0 Å². The van der Waals surface area contributed by atoms with E-state index in [2.05, 4.69) is 4.90 Å². The van der Waals surface area contributed by atoms with Gasteiger partial charge in [0.05, 0.1) is 0 Å². The molecule has 3 rings (SSSR count). The van der Waals surface area contributed by atoms with Gasteiger partial charge in [-0.25, -0.2) is 0 Å². The van der Waals surface area contributed by atoms with Crippen LogP contribution < -0.4 is 0 Å². The van der Waals surface area contributed by atoms with Gasteiger partial charge in [-0.15, -0.1) is 11.6 Å². The number of halogens is 1. The molecule has 2 nitrogen and oxygen atoms in total. The number of nitrogens with zero attached hydrogens (tertiary/aromatic N) is 1. The average molecular weight is 236 g/mol. The summed E-state index contributed by atoms with van der Waals surface area (Å²) in [5, 5.41) is 0. The molecule has 0 aromatic heterocycles. The molecule has 0 saturated heterocycles. The Hall–Kier alpha value is -0.860. The van der Waals surface area contributed by atoms with E-state index in [1.54, 1.807) is 0 Å². The first-order chi connectivity index (χ1) is 7.68. The van der Waals surface area contributed by atoms with Crippen LogP contribution in [0.15, 0.2) is 24.3 Å². The van der Waals surface area contributed by atoms with E-state index in [-0.39, 0.29) is 5.50 Å². The predicted octanol–water partition coefficient (Wildman–Crippen LogP) is 2.82. The normalized spacial score (nSPS) is 33.8. The molecule has 84 valence electrons. The van der Waals surface area contributed by atoms with E-state index in [1.165, 1.54) is 0 Å². The maximum absolute atomic E-state index is 11.5. The van der Waals surface area contributed by atoms with Crippen LogP contribution in [0.4, 0.5) is 0 Å². The Balaban J connectivity index is 2.16. The Morgan fingerprint density at radius 1 is 1.44 bits per heavy atom. The zero-order valence-corrected chi connectivity index (χ0v) is 9.95. The van der Waals surface area contributed by atoms with E-state index in [9.17, 15) is 4.79 Å².